The van der Waals surface area contributed by atoms with Gasteiger partial charge in [-0.15, -0.1) is 0 Å². The molecular formula is C16H28N2O. The van der Waals surface area contributed by atoms with Gasteiger partial charge in [0.1, 0.15) is 0 Å². The number of nitrogens with one attached hydrogen (secondary N) is 1. The zero-order valence-corrected chi connectivity index (χ0v) is 13.5. The summed E-state index contributed by atoms with van der Waals surface area (Å²) in [6.45, 7) is 15.1. The van der Waals surface area contributed by atoms with Crippen LogP contribution in [-0.2, 0) is 4.79 Å². The van der Waals surface area contributed by atoms with Gasteiger partial charge in [0.05, 0.1) is 5.54 Å². The van der Waals surface area contributed by atoms with Crippen molar-refractivity contribution in [2.24, 2.45) is 15.8 Å². The van der Waals surface area contributed by atoms with Gasteiger partial charge in [0.2, 0.25) is 5.91 Å². The Kier molecular flexibility index (Phi) is 2.93. The molecule has 2 bridgehead atoms. The summed E-state index contributed by atoms with van der Waals surface area (Å²) in [6, 6.07) is 0. The van der Waals surface area contributed by atoms with Crippen LogP contribution >= 0.6 is 0 Å². The van der Waals surface area contributed by atoms with Crippen LogP contribution in [0.1, 0.15) is 67.7 Å². The van der Waals surface area contributed by atoms with Crippen LogP contribution in [0.4, 0.5) is 0 Å². The fraction of sp³-hybridized carbons (Fsp3) is 0.875. The normalized spacial score (nSPS) is 44.5. The van der Waals surface area contributed by atoms with Gasteiger partial charge in [-0.2, -0.15) is 0 Å². The fourth-order valence-corrected chi connectivity index (χ4v) is 4.18. The van der Waals surface area contributed by atoms with Crippen molar-refractivity contribution in [3.63, 3.8) is 0 Å². The summed E-state index contributed by atoms with van der Waals surface area (Å²) in [4.78, 5) is 16.6. The smallest absolute Gasteiger partial charge is 0.217 e. The van der Waals surface area contributed by atoms with Crippen LogP contribution in [0, 0.1) is 10.8 Å². The van der Waals surface area contributed by atoms with Crippen LogP contribution in [0.5, 0.6) is 0 Å². The van der Waals surface area contributed by atoms with Gasteiger partial charge in [-0.05, 0) is 52.4 Å². The van der Waals surface area contributed by atoms with Crippen molar-refractivity contribution in [3.05, 3.63) is 0 Å². The van der Waals surface area contributed by atoms with E-state index in [-0.39, 0.29) is 27.8 Å². The van der Waals surface area contributed by atoms with Gasteiger partial charge in [0.25, 0.3) is 0 Å². The molecule has 1 saturated carbocycles. The van der Waals surface area contributed by atoms with E-state index in [1.807, 2.05) is 0 Å². The molecule has 0 saturated heterocycles. The summed E-state index contributed by atoms with van der Waals surface area (Å²) >= 11 is 0. The Hall–Kier alpha value is -0.860. The van der Waals surface area contributed by atoms with E-state index >= 15 is 0 Å². The molecule has 1 N–H and O–H groups in total. The van der Waals surface area contributed by atoms with Crippen molar-refractivity contribution in [2.45, 2.75) is 78.8 Å². The number of fused-ring (bicyclic) bond motifs is 2. The summed E-state index contributed by atoms with van der Waals surface area (Å²) in [5, 5.41) is 3.21. The number of carbonyl (C=O) groups is 1. The minimum Gasteiger partial charge on any atom is -0.350 e. The van der Waals surface area contributed by atoms with E-state index in [0.29, 0.717) is 0 Å². The summed E-state index contributed by atoms with van der Waals surface area (Å²) < 4.78 is 0. The molecule has 0 aromatic heterocycles. The first-order chi connectivity index (χ1) is 8.46. The molecule has 2 aliphatic rings. The zero-order valence-electron chi connectivity index (χ0n) is 13.5. The number of amides is 1. The van der Waals surface area contributed by atoms with Crippen molar-refractivity contribution >= 4 is 11.6 Å². The molecule has 0 unspecified atom stereocenters. The Morgan fingerprint density at radius 3 is 2.26 bits per heavy atom. The molecule has 0 aromatic carbocycles. The number of rotatable bonds is 1. The molecule has 3 nitrogen and oxygen atoms in total. The van der Waals surface area contributed by atoms with Crippen molar-refractivity contribution in [1.82, 2.24) is 5.32 Å². The van der Waals surface area contributed by atoms with Crippen molar-refractivity contribution in [2.75, 3.05) is 0 Å². The Labute approximate surface area is 117 Å². The maximum absolute atomic E-state index is 11.6. The van der Waals surface area contributed by atoms with Gasteiger partial charge in [0, 0.05) is 23.6 Å². The van der Waals surface area contributed by atoms with E-state index < -0.39 is 0 Å². The monoisotopic (exact) mass is 264 g/mol. The molecule has 1 fully saturated rings. The highest BCUT2D eigenvalue weighted by molar-refractivity contribution is 5.91. The van der Waals surface area contributed by atoms with E-state index in [9.17, 15) is 4.79 Å². The summed E-state index contributed by atoms with van der Waals surface area (Å²) in [7, 11) is 0. The molecule has 1 heterocycles. The first-order valence-corrected chi connectivity index (χ1v) is 7.32. The van der Waals surface area contributed by atoms with Crippen LogP contribution < -0.4 is 5.32 Å². The van der Waals surface area contributed by atoms with Crippen LogP contribution in [0.3, 0.4) is 0 Å². The fourth-order valence-electron chi connectivity index (χ4n) is 4.18. The van der Waals surface area contributed by atoms with Crippen molar-refractivity contribution in [3.8, 4) is 0 Å². The van der Waals surface area contributed by atoms with Gasteiger partial charge in [0.15, 0.2) is 0 Å². The highest BCUT2D eigenvalue weighted by Gasteiger charge is 2.61. The van der Waals surface area contributed by atoms with Crippen LogP contribution in [0.15, 0.2) is 4.99 Å². The standard InChI is InChI=1S/C16H28N2O/c1-11-15(6)10-14(5,13(3,4)17-11)8-9-16(15,7)18-12(2)19/h8-10H2,1-7H3,(H,18,19)/t14-,15+,16+/m1/s1. The lowest BCUT2D eigenvalue weighted by Crippen LogP contribution is -2.68. The minimum absolute atomic E-state index is 0.00581. The SMILES string of the molecule is CC(=O)N[C@@]1(C)CC[C@]2(C)C[C@@]1(C)C(C)=NC2(C)C. The third kappa shape index (κ3) is 1.85. The van der Waals surface area contributed by atoms with Crippen molar-refractivity contribution < 1.29 is 4.79 Å². The second-order valence-electron chi connectivity index (χ2n) is 7.84. The van der Waals surface area contributed by atoms with E-state index in [1.165, 1.54) is 5.71 Å². The van der Waals surface area contributed by atoms with Gasteiger partial charge in [-0.25, -0.2) is 0 Å². The lowest BCUT2D eigenvalue weighted by atomic mass is 9.48. The van der Waals surface area contributed by atoms with Crippen LogP contribution in [0.2, 0.25) is 0 Å². The number of hydrogen-bond donors (Lipinski definition) is 1. The summed E-state index contributed by atoms with van der Waals surface area (Å²) in [6.07, 6.45) is 3.23. The molecule has 1 amide bonds. The minimum atomic E-state index is -0.178. The van der Waals surface area contributed by atoms with Crippen LogP contribution in [-0.4, -0.2) is 22.7 Å². The molecule has 108 valence electrons. The highest BCUT2D eigenvalue weighted by atomic mass is 16.1. The number of nitrogens with zero attached hydrogens (tertiary/aromatic N) is 1. The summed E-state index contributed by atoms with van der Waals surface area (Å²) in [5.41, 5.74) is 1.18. The molecule has 1 aliphatic carbocycles. The van der Waals surface area contributed by atoms with Gasteiger partial charge < -0.3 is 5.32 Å². The quantitative estimate of drug-likeness (QED) is 0.775. The molecule has 2 rings (SSSR count). The first kappa shape index (κ1) is 14.5. The summed E-state index contributed by atoms with van der Waals surface area (Å²) in [5.74, 6) is 0.0601. The lowest BCUT2D eigenvalue weighted by Gasteiger charge is -2.62. The Morgan fingerprint density at radius 2 is 1.74 bits per heavy atom. The van der Waals surface area contributed by atoms with E-state index in [0.717, 1.165) is 19.3 Å². The van der Waals surface area contributed by atoms with Gasteiger partial charge in [-0.3, -0.25) is 9.79 Å². The maximum atomic E-state index is 11.6. The van der Waals surface area contributed by atoms with Crippen LogP contribution in [0.25, 0.3) is 0 Å². The number of hydrogen-bond acceptors (Lipinski definition) is 2. The topological polar surface area (TPSA) is 41.5 Å². The van der Waals surface area contributed by atoms with Crippen molar-refractivity contribution in [1.29, 1.82) is 0 Å². The average Bonchev–Trinajstić information content (AvgIpc) is 2.21. The van der Waals surface area contributed by atoms with Gasteiger partial charge in [-0.1, -0.05) is 13.8 Å². The Bertz CT molecular complexity index is 454. The molecule has 3 heteroatoms. The second-order valence-corrected chi connectivity index (χ2v) is 7.84. The first-order valence-electron chi connectivity index (χ1n) is 7.32. The average molecular weight is 264 g/mol. The van der Waals surface area contributed by atoms with E-state index in [2.05, 4.69) is 46.9 Å². The zero-order chi connectivity index (χ0) is 14.7. The maximum Gasteiger partial charge on any atom is 0.217 e. The molecular weight excluding hydrogens is 236 g/mol. The third-order valence-electron chi connectivity index (χ3n) is 6.31. The third-order valence-corrected chi connectivity index (χ3v) is 6.31. The number of aliphatic imine (C=N–C) groups is 1. The molecule has 1 aliphatic heterocycles. The molecule has 0 aromatic rings. The van der Waals surface area contributed by atoms with Gasteiger partial charge >= 0.3 is 0 Å². The van der Waals surface area contributed by atoms with E-state index in [4.69, 9.17) is 4.99 Å². The molecule has 19 heavy (non-hydrogen) atoms. The number of carbonyl (C=O) groups excluding carboxylic acids is 1. The molecule has 0 radical (unpaired) electrons. The Morgan fingerprint density at radius 1 is 1.16 bits per heavy atom. The Balaban J connectivity index is 2.52. The predicted octanol–water partition coefficient (Wildman–Crippen LogP) is 3.33. The molecule has 0 spiro atoms. The van der Waals surface area contributed by atoms with E-state index in [1.54, 1.807) is 6.92 Å². The lowest BCUT2D eigenvalue weighted by molar-refractivity contribution is -0.124. The molecule has 3 atom stereocenters. The largest absolute Gasteiger partial charge is 0.350 e. The second kappa shape index (κ2) is 3.83. The predicted molar refractivity (Wildman–Crippen MR) is 79.5 cm³/mol. The highest BCUT2D eigenvalue weighted by Crippen LogP contribution is 2.60.